The van der Waals surface area contributed by atoms with Crippen molar-refractivity contribution in [2.75, 3.05) is 20.3 Å². The molecule has 1 fully saturated rings. The van der Waals surface area contributed by atoms with Crippen molar-refractivity contribution in [3.05, 3.63) is 22.2 Å². The molecule has 1 unspecified atom stereocenters. The van der Waals surface area contributed by atoms with Crippen LogP contribution in [0.3, 0.4) is 0 Å². The van der Waals surface area contributed by atoms with Crippen LogP contribution in [0.2, 0.25) is 0 Å². The highest BCUT2D eigenvalue weighted by Crippen LogP contribution is 2.40. The molecular formula is C17H26BrNO2. The molecule has 1 saturated carbocycles. The van der Waals surface area contributed by atoms with E-state index in [9.17, 15) is 0 Å². The molecule has 0 aliphatic heterocycles. The van der Waals surface area contributed by atoms with E-state index in [-0.39, 0.29) is 0 Å². The Labute approximate surface area is 136 Å². The number of nitrogens with one attached hydrogen (secondary N) is 1. The largest absolute Gasteiger partial charge is 0.490 e. The Kier molecular flexibility index (Phi) is 6.37. The summed E-state index contributed by atoms with van der Waals surface area (Å²) in [6, 6.07) is 4.52. The third-order valence-corrected chi connectivity index (χ3v) is 4.87. The third kappa shape index (κ3) is 4.13. The number of benzene rings is 1. The summed E-state index contributed by atoms with van der Waals surface area (Å²) in [5.74, 6) is 2.51. The zero-order chi connectivity index (χ0) is 15.2. The SMILES string of the molecule is CCOc1cc(Br)c(C(CC2CCC2)NC)cc1OCC. The van der Waals surface area contributed by atoms with Crippen molar-refractivity contribution in [1.82, 2.24) is 5.32 Å². The van der Waals surface area contributed by atoms with Crippen molar-refractivity contribution in [2.45, 2.75) is 45.6 Å². The van der Waals surface area contributed by atoms with Crippen molar-refractivity contribution in [2.24, 2.45) is 5.92 Å². The first-order valence-corrected chi connectivity index (χ1v) is 8.75. The molecule has 0 saturated heterocycles. The van der Waals surface area contributed by atoms with Crippen LogP contribution in [0.25, 0.3) is 0 Å². The van der Waals surface area contributed by atoms with Crippen molar-refractivity contribution in [3.63, 3.8) is 0 Å². The van der Waals surface area contributed by atoms with Crippen molar-refractivity contribution < 1.29 is 9.47 Å². The van der Waals surface area contributed by atoms with Crippen LogP contribution in [0.15, 0.2) is 16.6 Å². The second-order valence-corrected chi connectivity index (χ2v) is 6.41. The van der Waals surface area contributed by atoms with Gasteiger partial charge in [-0.1, -0.05) is 35.2 Å². The van der Waals surface area contributed by atoms with E-state index in [4.69, 9.17) is 9.47 Å². The van der Waals surface area contributed by atoms with Gasteiger partial charge < -0.3 is 14.8 Å². The summed E-state index contributed by atoms with van der Waals surface area (Å²) in [7, 11) is 2.03. The number of hydrogen-bond acceptors (Lipinski definition) is 3. The van der Waals surface area contributed by atoms with Crippen molar-refractivity contribution in [3.8, 4) is 11.5 Å². The molecule has 21 heavy (non-hydrogen) atoms. The van der Waals surface area contributed by atoms with Crippen LogP contribution in [0.4, 0.5) is 0 Å². The van der Waals surface area contributed by atoms with Gasteiger partial charge in [0.1, 0.15) is 0 Å². The molecule has 0 amide bonds. The molecule has 118 valence electrons. The number of halogens is 1. The Balaban J connectivity index is 2.25. The molecule has 1 N–H and O–H groups in total. The fourth-order valence-electron chi connectivity index (χ4n) is 2.82. The second kappa shape index (κ2) is 8.04. The van der Waals surface area contributed by atoms with Crippen LogP contribution in [-0.4, -0.2) is 20.3 Å². The van der Waals surface area contributed by atoms with Crippen LogP contribution in [0.5, 0.6) is 11.5 Å². The maximum Gasteiger partial charge on any atom is 0.162 e. The number of ether oxygens (including phenoxy) is 2. The van der Waals surface area contributed by atoms with Gasteiger partial charge in [-0.15, -0.1) is 0 Å². The Bertz CT molecular complexity index is 460. The quantitative estimate of drug-likeness (QED) is 0.733. The van der Waals surface area contributed by atoms with E-state index in [1.54, 1.807) is 0 Å². The van der Waals surface area contributed by atoms with Gasteiger partial charge in [0.05, 0.1) is 13.2 Å². The molecule has 0 radical (unpaired) electrons. The normalized spacial score (nSPS) is 16.4. The monoisotopic (exact) mass is 355 g/mol. The average Bonchev–Trinajstić information content (AvgIpc) is 2.42. The summed E-state index contributed by atoms with van der Waals surface area (Å²) in [4.78, 5) is 0. The maximum absolute atomic E-state index is 5.75. The molecule has 1 aliphatic rings. The zero-order valence-electron chi connectivity index (χ0n) is 13.2. The minimum absolute atomic E-state index is 0.361. The van der Waals surface area contributed by atoms with Crippen LogP contribution in [-0.2, 0) is 0 Å². The first-order chi connectivity index (χ1) is 10.2. The van der Waals surface area contributed by atoms with Gasteiger partial charge in [0, 0.05) is 10.5 Å². The minimum atomic E-state index is 0.361. The molecule has 0 heterocycles. The molecule has 1 aliphatic carbocycles. The summed E-state index contributed by atoms with van der Waals surface area (Å²) in [5.41, 5.74) is 1.26. The molecule has 1 atom stereocenters. The molecule has 3 nitrogen and oxygen atoms in total. The van der Waals surface area contributed by atoms with Crippen LogP contribution >= 0.6 is 15.9 Å². The minimum Gasteiger partial charge on any atom is -0.490 e. The molecule has 4 heteroatoms. The lowest BCUT2D eigenvalue weighted by Gasteiger charge is -2.30. The van der Waals surface area contributed by atoms with Crippen LogP contribution < -0.4 is 14.8 Å². The lowest BCUT2D eigenvalue weighted by molar-refractivity contribution is 0.263. The van der Waals surface area contributed by atoms with Crippen molar-refractivity contribution >= 4 is 15.9 Å². The van der Waals surface area contributed by atoms with Crippen LogP contribution in [0, 0.1) is 5.92 Å². The Morgan fingerprint density at radius 3 is 2.29 bits per heavy atom. The fraction of sp³-hybridized carbons (Fsp3) is 0.647. The van der Waals surface area contributed by atoms with Gasteiger partial charge in [0.25, 0.3) is 0 Å². The predicted octanol–water partition coefficient (Wildman–Crippen LogP) is 4.70. The highest BCUT2D eigenvalue weighted by molar-refractivity contribution is 9.10. The van der Waals surface area contributed by atoms with E-state index in [1.807, 2.05) is 27.0 Å². The maximum atomic E-state index is 5.75. The van der Waals surface area contributed by atoms with E-state index in [1.165, 1.54) is 31.2 Å². The van der Waals surface area contributed by atoms with E-state index in [0.717, 1.165) is 21.9 Å². The third-order valence-electron chi connectivity index (χ3n) is 4.18. The predicted molar refractivity (Wildman–Crippen MR) is 90.2 cm³/mol. The van der Waals surface area contributed by atoms with Gasteiger partial charge in [-0.05, 0) is 50.9 Å². The summed E-state index contributed by atoms with van der Waals surface area (Å²) in [6.45, 7) is 5.28. The van der Waals surface area contributed by atoms with E-state index < -0.39 is 0 Å². The number of rotatable bonds is 8. The Hall–Kier alpha value is -0.740. The second-order valence-electron chi connectivity index (χ2n) is 5.56. The Morgan fingerprint density at radius 2 is 1.81 bits per heavy atom. The molecule has 2 rings (SSSR count). The van der Waals surface area contributed by atoms with Crippen molar-refractivity contribution in [1.29, 1.82) is 0 Å². The highest BCUT2D eigenvalue weighted by atomic mass is 79.9. The summed E-state index contributed by atoms with van der Waals surface area (Å²) in [5, 5.41) is 3.45. The van der Waals surface area contributed by atoms with E-state index in [0.29, 0.717) is 19.3 Å². The van der Waals surface area contributed by atoms with Crippen LogP contribution in [0.1, 0.15) is 51.1 Å². The van der Waals surface area contributed by atoms with E-state index in [2.05, 4.69) is 27.3 Å². The Morgan fingerprint density at radius 1 is 1.19 bits per heavy atom. The topological polar surface area (TPSA) is 30.5 Å². The molecule has 0 spiro atoms. The summed E-state index contributed by atoms with van der Waals surface area (Å²) in [6.07, 6.45) is 5.31. The highest BCUT2D eigenvalue weighted by Gasteiger charge is 2.24. The summed E-state index contributed by atoms with van der Waals surface area (Å²) < 4.78 is 12.5. The molecule has 0 bridgehead atoms. The average molecular weight is 356 g/mol. The van der Waals surface area contributed by atoms with E-state index >= 15 is 0 Å². The fourth-order valence-corrected chi connectivity index (χ4v) is 3.42. The van der Waals surface area contributed by atoms with Gasteiger partial charge in [-0.25, -0.2) is 0 Å². The van der Waals surface area contributed by atoms with Gasteiger partial charge in [-0.3, -0.25) is 0 Å². The lowest BCUT2D eigenvalue weighted by atomic mass is 9.79. The first kappa shape index (κ1) is 16.6. The lowest BCUT2D eigenvalue weighted by Crippen LogP contribution is -2.23. The molecule has 1 aromatic carbocycles. The molecule has 1 aromatic rings. The van der Waals surface area contributed by atoms with Gasteiger partial charge in [0.15, 0.2) is 11.5 Å². The van der Waals surface area contributed by atoms with Gasteiger partial charge >= 0.3 is 0 Å². The summed E-state index contributed by atoms with van der Waals surface area (Å²) >= 11 is 3.70. The zero-order valence-corrected chi connectivity index (χ0v) is 14.8. The van der Waals surface area contributed by atoms with Gasteiger partial charge in [-0.2, -0.15) is 0 Å². The standard InChI is InChI=1S/C17H26BrNO2/c1-4-20-16-10-13(14(18)11-17(16)21-5-2)15(19-3)9-12-7-6-8-12/h10-12,15,19H,4-9H2,1-3H3. The smallest absolute Gasteiger partial charge is 0.162 e. The molecular weight excluding hydrogens is 330 g/mol. The number of hydrogen-bond donors (Lipinski definition) is 1. The molecule has 0 aromatic heterocycles. The van der Waals surface area contributed by atoms with Gasteiger partial charge in [0.2, 0.25) is 0 Å². The first-order valence-electron chi connectivity index (χ1n) is 7.95.